The third kappa shape index (κ3) is 6.24. The molecule has 0 spiro atoms. The molecule has 1 amide bonds. The normalized spacial score (nSPS) is 16.7. The zero-order valence-corrected chi connectivity index (χ0v) is 15.2. The van der Waals surface area contributed by atoms with Crippen molar-refractivity contribution < 1.29 is 13.2 Å². The van der Waals surface area contributed by atoms with Crippen LogP contribution in [0.5, 0.6) is 0 Å². The number of rotatable bonds is 6. The third-order valence-electron chi connectivity index (χ3n) is 3.86. The van der Waals surface area contributed by atoms with Crippen LogP contribution in [0.2, 0.25) is 5.02 Å². The van der Waals surface area contributed by atoms with Crippen LogP contribution in [0.15, 0.2) is 29.7 Å². The average molecular weight is 372 g/mol. The van der Waals surface area contributed by atoms with Crippen molar-refractivity contribution in [2.45, 2.75) is 6.92 Å². The largest absolute Gasteiger partial charge is 0.340 e. The van der Waals surface area contributed by atoms with E-state index in [0.29, 0.717) is 31.2 Å². The van der Waals surface area contributed by atoms with Gasteiger partial charge in [-0.1, -0.05) is 23.7 Å². The summed E-state index contributed by atoms with van der Waals surface area (Å²) in [4.78, 5) is 15.2. The molecule has 1 aromatic carbocycles. The standard InChI is InChI=1S/C16H22ClN3O3S/c1-14(21)20-11-9-19(10-12-20)8-7-18-24(22,23)13-6-15-2-4-16(17)5-3-15/h2-6,13,18H,7-12H2,1H3/b13-6+. The van der Waals surface area contributed by atoms with Crippen molar-refractivity contribution in [1.82, 2.24) is 14.5 Å². The lowest BCUT2D eigenvalue weighted by Gasteiger charge is -2.34. The van der Waals surface area contributed by atoms with Crippen molar-refractivity contribution in [3.63, 3.8) is 0 Å². The number of nitrogens with one attached hydrogen (secondary N) is 1. The SMILES string of the molecule is CC(=O)N1CCN(CCNS(=O)(=O)/C=C/c2ccc(Cl)cc2)CC1. The Balaban J connectivity index is 1.75. The minimum absolute atomic E-state index is 0.0858. The van der Waals surface area contributed by atoms with Gasteiger partial charge in [0, 0.05) is 56.6 Å². The number of piperazine rings is 1. The second-order valence-corrected chi connectivity index (χ2v) is 7.73. The second kappa shape index (κ2) is 8.62. The van der Waals surface area contributed by atoms with Crippen LogP contribution >= 0.6 is 11.6 Å². The van der Waals surface area contributed by atoms with E-state index in [4.69, 9.17) is 11.6 Å². The van der Waals surface area contributed by atoms with E-state index in [1.165, 1.54) is 6.08 Å². The van der Waals surface area contributed by atoms with Crippen LogP contribution in [0.3, 0.4) is 0 Å². The van der Waals surface area contributed by atoms with Gasteiger partial charge in [-0.25, -0.2) is 13.1 Å². The van der Waals surface area contributed by atoms with Gasteiger partial charge in [0.05, 0.1) is 0 Å². The van der Waals surface area contributed by atoms with E-state index in [-0.39, 0.29) is 5.91 Å². The molecule has 0 aliphatic carbocycles. The zero-order valence-electron chi connectivity index (χ0n) is 13.6. The van der Waals surface area contributed by atoms with Crippen molar-refractivity contribution >= 4 is 33.6 Å². The van der Waals surface area contributed by atoms with E-state index in [1.807, 2.05) is 0 Å². The summed E-state index contributed by atoms with van der Waals surface area (Å²) in [5, 5.41) is 1.77. The van der Waals surface area contributed by atoms with Gasteiger partial charge in [-0.3, -0.25) is 9.69 Å². The lowest BCUT2D eigenvalue weighted by Crippen LogP contribution is -2.49. The van der Waals surface area contributed by atoms with E-state index >= 15 is 0 Å². The lowest BCUT2D eigenvalue weighted by molar-refractivity contribution is -0.130. The maximum Gasteiger partial charge on any atom is 0.233 e. The van der Waals surface area contributed by atoms with Crippen LogP contribution in [0, 0.1) is 0 Å². The highest BCUT2D eigenvalue weighted by atomic mass is 35.5. The predicted molar refractivity (Wildman–Crippen MR) is 96.1 cm³/mol. The maximum absolute atomic E-state index is 12.0. The first-order chi connectivity index (χ1) is 11.4. The second-order valence-electron chi connectivity index (χ2n) is 5.64. The van der Waals surface area contributed by atoms with Gasteiger partial charge < -0.3 is 4.90 Å². The highest BCUT2D eigenvalue weighted by Crippen LogP contribution is 2.11. The molecule has 24 heavy (non-hydrogen) atoms. The van der Waals surface area contributed by atoms with Crippen molar-refractivity contribution in [3.05, 3.63) is 40.3 Å². The molecule has 132 valence electrons. The van der Waals surface area contributed by atoms with E-state index < -0.39 is 10.0 Å². The molecule has 0 radical (unpaired) electrons. The highest BCUT2D eigenvalue weighted by molar-refractivity contribution is 7.92. The van der Waals surface area contributed by atoms with Crippen molar-refractivity contribution in [1.29, 1.82) is 0 Å². The number of sulfonamides is 1. The number of benzene rings is 1. The summed E-state index contributed by atoms with van der Waals surface area (Å²) < 4.78 is 26.5. The van der Waals surface area contributed by atoms with Crippen molar-refractivity contribution in [2.75, 3.05) is 39.3 Å². The number of nitrogens with zero attached hydrogens (tertiary/aromatic N) is 2. The summed E-state index contributed by atoms with van der Waals surface area (Å²) in [6, 6.07) is 6.93. The van der Waals surface area contributed by atoms with Gasteiger partial charge in [-0.05, 0) is 23.8 Å². The van der Waals surface area contributed by atoms with Crippen LogP contribution < -0.4 is 4.72 Å². The van der Waals surface area contributed by atoms with Crippen LogP contribution in [0.25, 0.3) is 6.08 Å². The molecule has 1 heterocycles. The lowest BCUT2D eigenvalue weighted by atomic mass is 10.2. The molecule has 8 heteroatoms. The van der Waals surface area contributed by atoms with Crippen LogP contribution in [0.4, 0.5) is 0 Å². The first-order valence-electron chi connectivity index (χ1n) is 7.77. The minimum Gasteiger partial charge on any atom is -0.340 e. The molecule has 0 bridgehead atoms. The fourth-order valence-electron chi connectivity index (χ4n) is 2.42. The number of amides is 1. The molecule has 0 atom stereocenters. The van der Waals surface area contributed by atoms with Crippen LogP contribution in [-0.2, 0) is 14.8 Å². The molecule has 2 rings (SSSR count). The van der Waals surface area contributed by atoms with Crippen LogP contribution in [0.1, 0.15) is 12.5 Å². The van der Waals surface area contributed by atoms with Crippen molar-refractivity contribution in [2.24, 2.45) is 0 Å². The third-order valence-corrected chi connectivity index (χ3v) is 5.21. The smallest absolute Gasteiger partial charge is 0.233 e. The summed E-state index contributed by atoms with van der Waals surface area (Å²) in [6.45, 7) is 5.45. The van der Waals surface area contributed by atoms with Gasteiger partial charge in [0.25, 0.3) is 0 Å². The van der Waals surface area contributed by atoms with Gasteiger partial charge in [-0.15, -0.1) is 0 Å². The Morgan fingerprint density at radius 3 is 2.42 bits per heavy atom. The Kier molecular flexibility index (Phi) is 6.79. The number of hydrogen-bond donors (Lipinski definition) is 1. The van der Waals surface area contributed by atoms with E-state index in [9.17, 15) is 13.2 Å². The monoisotopic (exact) mass is 371 g/mol. The fraction of sp³-hybridized carbons (Fsp3) is 0.438. The number of carbonyl (C=O) groups is 1. The topological polar surface area (TPSA) is 69.7 Å². The summed E-state index contributed by atoms with van der Waals surface area (Å²) in [5.74, 6) is 0.0858. The zero-order chi connectivity index (χ0) is 17.6. The highest BCUT2D eigenvalue weighted by Gasteiger charge is 2.18. The Hall–Kier alpha value is -1.41. The maximum atomic E-state index is 12.0. The van der Waals surface area contributed by atoms with Gasteiger partial charge in [-0.2, -0.15) is 0 Å². The first-order valence-corrected chi connectivity index (χ1v) is 9.69. The molecule has 0 unspecified atom stereocenters. The van der Waals surface area contributed by atoms with E-state index in [2.05, 4.69) is 9.62 Å². The quantitative estimate of drug-likeness (QED) is 0.820. The molecule has 1 fully saturated rings. The summed E-state index contributed by atoms with van der Waals surface area (Å²) in [7, 11) is -3.47. The van der Waals surface area contributed by atoms with Crippen molar-refractivity contribution in [3.8, 4) is 0 Å². The van der Waals surface area contributed by atoms with Crippen LogP contribution in [-0.4, -0.2) is 63.4 Å². The Labute approximate surface area is 148 Å². The summed E-state index contributed by atoms with van der Waals surface area (Å²) in [5.41, 5.74) is 0.769. The van der Waals surface area contributed by atoms with Gasteiger partial charge in [0.2, 0.25) is 15.9 Å². The minimum atomic E-state index is -3.47. The molecule has 1 aliphatic rings. The van der Waals surface area contributed by atoms with Gasteiger partial charge in [0.1, 0.15) is 0 Å². The first kappa shape index (κ1) is 18.9. The average Bonchev–Trinajstić information content (AvgIpc) is 2.55. The molecule has 0 aromatic heterocycles. The molecule has 6 nitrogen and oxygen atoms in total. The molecule has 1 aromatic rings. The van der Waals surface area contributed by atoms with E-state index in [1.54, 1.807) is 36.1 Å². The van der Waals surface area contributed by atoms with Gasteiger partial charge >= 0.3 is 0 Å². The predicted octanol–water partition coefficient (Wildman–Crippen LogP) is 1.39. The number of carbonyl (C=O) groups excluding carboxylic acids is 1. The van der Waals surface area contributed by atoms with E-state index in [0.717, 1.165) is 24.1 Å². The number of halogens is 1. The Bertz CT molecular complexity index is 681. The Morgan fingerprint density at radius 1 is 1.21 bits per heavy atom. The fourth-order valence-corrected chi connectivity index (χ4v) is 3.36. The molecule has 0 saturated carbocycles. The molecule has 1 saturated heterocycles. The summed E-state index contributed by atoms with van der Waals surface area (Å²) >= 11 is 5.79. The Morgan fingerprint density at radius 2 is 1.83 bits per heavy atom. The molecular weight excluding hydrogens is 350 g/mol. The summed E-state index contributed by atoms with van der Waals surface area (Å²) in [6.07, 6.45) is 1.53. The molecule has 1 N–H and O–H groups in total. The number of hydrogen-bond acceptors (Lipinski definition) is 4. The van der Waals surface area contributed by atoms with Gasteiger partial charge in [0.15, 0.2) is 0 Å². The molecular formula is C16H22ClN3O3S. The molecule has 1 aliphatic heterocycles.